The summed E-state index contributed by atoms with van der Waals surface area (Å²) in [4.78, 5) is 16.7. The maximum atomic E-state index is 12.0. The Morgan fingerprint density at radius 1 is 1.42 bits per heavy atom. The molecule has 0 spiro atoms. The van der Waals surface area contributed by atoms with Crippen LogP contribution in [0.1, 0.15) is 71.9 Å². The number of hydrogen-bond acceptors (Lipinski definition) is 5. The molecule has 0 radical (unpaired) electrons. The lowest BCUT2D eigenvalue weighted by Gasteiger charge is -2.36. The van der Waals surface area contributed by atoms with Crippen molar-refractivity contribution < 1.29 is 9.53 Å². The van der Waals surface area contributed by atoms with E-state index in [0.717, 1.165) is 36.4 Å². The van der Waals surface area contributed by atoms with Crippen molar-refractivity contribution >= 4 is 17.4 Å². The molecular weight excluding hydrogens is 328 g/mol. The average Bonchev–Trinajstić information content (AvgIpc) is 2.98. The Morgan fingerprint density at radius 3 is 2.81 bits per heavy atom. The lowest BCUT2D eigenvalue weighted by molar-refractivity contribution is -0.156. The van der Waals surface area contributed by atoms with Crippen LogP contribution in [0.3, 0.4) is 0 Å². The maximum absolute atomic E-state index is 12.0. The summed E-state index contributed by atoms with van der Waals surface area (Å²) in [7, 11) is 0. The van der Waals surface area contributed by atoms with Crippen LogP contribution in [0.25, 0.3) is 5.65 Å². The van der Waals surface area contributed by atoms with E-state index in [4.69, 9.17) is 9.72 Å². The van der Waals surface area contributed by atoms with Gasteiger partial charge in [0.05, 0.1) is 6.20 Å². The van der Waals surface area contributed by atoms with Gasteiger partial charge in [0.1, 0.15) is 11.4 Å². The van der Waals surface area contributed by atoms with Gasteiger partial charge in [0.25, 0.3) is 0 Å². The third-order valence-corrected chi connectivity index (χ3v) is 4.96. The molecule has 1 unspecified atom stereocenters. The molecule has 6 nitrogen and oxygen atoms in total. The van der Waals surface area contributed by atoms with Crippen molar-refractivity contribution in [1.82, 2.24) is 14.6 Å². The summed E-state index contributed by atoms with van der Waals surface area (Å²) in [6.45, 7) is 10.1. The van der Waals surface area contributed by atoms with Gasteiger partial charge in [0.15, 0.2) is 5.65 Å². The minimum atomic E-state index is -0.409. The number of anilines is 1. The fourth-order valence-corrected chi connectivity index (χ4v) is 3.35. The van der Waals surface area contributed by atoms with Crippen LogP contribution < -0.4 is 5.32 Å². The predicted molar refractivity (Wildman–Crippen MR) is 102 cm³/mol. The van der Waals surface area contributed by atoms with Crippen molar-refractivity contribution in [3.05, 3.63) is 24.0 Å². The van der Waals surface area contributed by atoms with Crippen molar-refractivity contribution in [3.8, 4) is 0 Å². The highest BCUT2D eigenvalue weighted by atomic mass is 16.6. The Bertz CT molecular complexity index is 772. The number of hydrogen-bond donors (Lipinski definition) is 1. The first kappa shape index (κ1) is 18.7. The Labute approximate surface area is 155 Å². The van der Waals surface area contributed by atoms with Crippen LogP contribution in [0.2, 0.25) is 0 Å². The van der Waals surface area contributed by atoms with E-state index in [2.05, 4.69) is 30.3 Å². The SMILES string of the molecule is CCC(C)c1cc(NC2CC(CC(=O)OC(C)(C)C)C2)n2nccc2n1. The summed E-state index contributed by atoms with van der Waals surface area (Å²) in [6.07, 6.45) is 5.28. The van der Waals surface area contributed by atoms with Gasteiger partial charge >= 0.3 is 5.97 Å². The molecule has 1 aliphatic rings. The van der Waals surface area contributed by atoms with Gasteiger partial charge in [-0.05, 0) is 51.9 Å². The number of nitrogens with one attached hydrogen (secondary N) is 1. The zero-order chi connectivity index (χ0) is 18.9. The number of carbonyl (C=O) groups excluding carboxylic acids is 1. The van der Waals surface area contributed by atoms with Gasteiger partial charge in [0, 0.05) is 30.3 Å². The number of carbonyl (C=O) groups is 1. The lowest BCUT2D eigenvalue weighted by Crippen LogP contribution is -2.38. The van der Waals surface area contributed by atoms with E-state index in [1.807, 2.05) is 31.4 Å². The van der Waals surface area contributed by atoms with Crippen molar-refractivity contribution in [2.45, 2.75) is 77.9 Å². The van der Waals surface area contributed by atoms with Gasteiger partial charge in [-0.3, -0.25) is 4.79 Å². The van der Waals surface area contributed by atoms with E-state index in [1.165, 1.54) is 0 Å². The summed E-state index contributed by atoms with van der Waals surface area (Å²) >= 11 is 0. The molecule has 2 aromatic heterocycles. The van der Waals surface area contributed by atoms with Crippen molar-refractivity contribution in [3.63, 3.8) is 0 Å². The summed E-state index contributed by atoms with van der Waals surface area (Å²) in [5.74, 6) is 1.69. The van der Waals surface area contributed by atoms with Gasteiger partial charge in [-0.1, -0.05) is 13.8 Å². The van der Waals surface area contributed by atoms with Crippen LogP contribution in [0.15, 0.2) is 18.3 Å². The fourth-order valence-electron chi connectivity index (χ4n) is 3.35. The van der Waals surface area contributed by atoms with E-state index in [9.17, 15) is 4.79 Å². The Hall–Kier alpha value is -2.11. The summed E-state index contributed by atoms with van der Waals surface area (Å²) in [5.41, 5.74) is 1.55. The Morgan fingerprint density at radius 2 is 2.15 bits per heavy atom. The van der Waals surface area contributed by atoms with Crippen LogP contribution in [-0.4, -0.2) is 32.2 Å². The summed E-state index contributed by atoms with van der Waals surface area (Å²) < 4.78 is 7.27. The molecule has 142 valence electrons. The Balaban J connectivity index is 1.61. The molecule has 3 rings (SSSR count). The molecule has 1 aliphatic carbocycles. The smallest absolute Gasteiger partial charge is 0.306 e. The second-order valence-corrected chi connectivity index (χ2v) is 8.45. The molecule has 1 atom stereocenters. The fraction of sp³-hybridized carbons (Fsp3) is 0.650. The normalized spacial score (nSPS) is 21.3. The highest BCUT2D eigenvalue weighted by Crippen LogP contribution is 2.34. The molecule has 1 fully saturated rings. The third-order valence-electron chi connectivity index (χ3n) is 4.96. The van der Waals surface area contributed by atoms with Crippen molar-refractivity contribution in [1.29, 1.82) is 0 Å². The summed E-state index contributed by atoms with van der Waals surface area (Å²) in [5, 5.41) is 7.97. The zero-order valence-corrected chi connectivity index (χ0v) is 16.5. The molecule has 0 aliphatic heterocycles. The highest BCUT2D eigenvalue weighted by molar-refractivity contribution is 5.70. The molecule has 0 saturated heterocycles. The van der Waals surface area contributed by atoms with Crippen LogP contribution in [0.5, 0.6) is 0 Å². The molecule has 1 N–H and O–H groups in total. The van der Waals surface area contributed by atoms with E-state index in [1.54, 1.807) is 6.20 Å². The first-order chi connectivity index (χ1) is 12.2. The van der Waals surface area contributed by atoms with E-state index < -0.39 is 5.60 Å². The molecule has 2 aromatic rings. The molecule has 1 saturated carbocycles. The number of nitrogens with zero attached hydrogens (tertiary/aromatic N) is 3. The quantitative estimate of drug-likeness (QED) is 0.785. The highest BCUT2D eigenvalue weighted by Gasteiger charge is 2.32. The topological polar surface area (TPSA) is 68.5 Å². The number of esters is 1. The number of fused-ring (bicyclic) bond motifs is 1. The minimum absolute atomic E-state index is 0.0987. The zero-order valence-electron chi connectivity index (χ0n) is 16.5. The van der Waals surface area contributed by atoms with E-state index >= 15 is 0 Å². The van der Waals surface area contributed by atoms with Crippen LogP contribution in [-0.2, 0) is 9.53 Å². The molecule has 26 heavy (non-hydrogen) atoms. The first-order valence-electron chi connectivity index (χ1n) is 9.58. The van der Waals surface area contributed by atoms with Gasteiger partial charge in [-0.15, -0.1) is 0 Å². The van der Waals surface area contributed by atoms with Gasteiger partial charge in [-0.2, -0.15) is 9.61 Å². The maximum Gasteiger partial charge on any atom is 0.306 e. The van der Waals surface area contributed by atoms with Gasteiger partial charge in [-0.25, -0.2) is 4.98 Å². The van der Waals surface area contributed by atoms with Crippen LogP contribution in [0, 0.1) is 5.92 Å². The number of ether oxygens (including phenoxy) is 1. The first-order valence-corrected chi connectivity index (χ1v) is 9.58. The molecule has 0 aromatic carbocycles. The van der Waals surface area contributed by atoms with Crippen molar-refractivity contribution in [2.24, 2.45) is 5.92 Å². The standard InChI is InChI=1S/C20H30N4O2/c1-6-13(2)16-12-18(24-17(23-16)7-8-21-24)22-15-9-14(10-15)11-19(25)26-20(3,4)5/h7-8,12-15,22H,6,9-11H2,1-5H3. The second-order valence-electron chi connectivity index (χ2n) is 8.45. The Kier molecular flexibility index (Phi) is 5.21. The lowest BCUT2D eigenvalue weighted by atomic mass is 9.78. The monoisotopic (exact) mass is 358 g/mol. The van der Waals surface area contributed by atoms with Crippen molar-refractivity contribution in [2.75, 3.05) is 5.32 Å². The second kappa shape index (κ2) is 7.25. The van der Waals surface area contributed by atoms with Crippen LogP contribution in [0.4, 0.5) is 5.82 Å². The summed E-state index contributed by atoms with van der Waals surface area (Å²) in [6, 6.07) is 4.40. The molecular formula is C20H30N4O2. The number of aromatic nitrogens is 3. The molecule has 6 heteroatoms. The van der Waals surface area contributed by atoms with E-state index in [-0.39, 0.29) is 5.97 Å². The van der Waals surface area contributed by atoms with Gasteiger partial charge < -0.3 is 10.1 Å². The molecule has 2 heterocycles. The predicted octanol–water partition coefficient (Wildman–Crippen LogP) is 4.17. The largest absolute Gasteiger partial charge is 0.460 e. The number of rotatable bonds is 6. The molecule has 0 bridgehead atoms. The van der Waals surface area contributed by atoms with E-state index in [0.29, 0.717) is 24.3 Å². The molecule has 0 amide bonds. The van der Waals surface area contributed by atoms with Gasteiger partial charge in [0.2, 0.25) is 0 Å². The van der Waals surface area contributed by atoms with Crippen LogP contribution >= 0.6 is 0 Å². The minimum Gasteiger partial charge on any atom is -0.460 e. The third kappa shape index (κ3) is 4.34. The average molecular weight is 358 g/mol.